The lowest BCUT2D eigenvalue weighted by atomic mass is 10.0. The van der Waals surface area contributed by atoms with Crippen molar-refractivity contribution >= 4 is 23.8 Å². The zero-order valence-corrected chi connectivity index (χ0v) is 13.0. The van der Waals surface area contributed by atoms with E-state index in [1.807, 2.05) is 20.1 Å². The second-order valence-electron chi connectivity index (χ2n) is 5.05. The van der Waals surface area contributed by atoms with Crippen LogP contribution in [0.5, 0.6) is 0 Å². The van der Waals surface area contributed by atoms with Crippen molar-refractivity contribution in [1.82, 2.24) is 10.6 Å². The Kier molecular flexibility index (Phi) is 9.47. The van der Waals surface area contributed by atoms with Crippen molar-refractivity contribution < 1.29 is 14.7 Å². The lowest BCUT2D eigenvalue weighted by molar-refractivity contribution is -0.141. The molecule has 0 aromatic heterocycles. The van der Waals surface area contributed by atoms with Crippen molar-refractivity contribution in [2.24, 2.45) is 5.92 Å². The molecule has 0 rings (SSSR count). The van der Waals surface area contributed by atoms with Crippen LogP contribution in [-0.4, -0.2) is 41.2 Å². The van der Waals surface area contributed by atoms with Gasteiger partial charge in [0.1, 0.15) is 0 Å². The van der Waals surface area contributed by atoms with E-state index >= 15 is 0 Å². The summed E-state index contributed by atoms with van der Waals surface area (Å²) in [7, 11) is 0. The molecule has 0 fully saturated rings. The summed E-state index contributed by atoms with van der Waals surface area (Å²) in [6.07, 6.45) is 4.24. The predicted octanol–water partition coefficient (Wildman–Crippen LogP) is 2.32. The maximum Gasteiger partial charge on any atom is 0.315 e. The lowest BCUT2D eigenvalue weighted by Gasteiger charge is -2.18. The molecular formula is C13H26N2O3S. The molecule has 0 aliphatic rings. The summed E-state index contributed by atoms with van der Waals surface area (Å²) in [6, 6.07) is 0.0528. The number of urea groups is 1. The van der Waals surface area contributed by atoms with E-state index in [1.165, 1.54) is 0 Å². The fraction of sp³-hybridized carbons (Fsp3) is 0.846. The van der Waals surface area contributed by atoms with E-state index in [1.54, 1.807) is 18.7 Å². The molecule has 112 valence electrons. The van der Waals surface area contributed by atoms with Gasteiger partial charge in [-0.1, -0.05) is 13.3 Å². The van der Waals surface area contributed by atoms with Gasteiger partial charge in [-0.05, 0) is 32.9 Å². The summed E-state index contributed by atoms with van der Waals surface area (Å²) in [5.74, 6) is -0.190. The van der Waals surface area contributed by atoms with Crippen LogP contribution in [-0.2, 0) is 4.79 Å². The first-order valence-electron chi connectivity index (χ1n) is 6.65. The Morgan fingerprint density at radius 3 is 2.21 bits per heavy atom. The van der Waals surface area contributed by atoms with Gasteiger partial charge in [0, 0.05) is 17.8 Å². The van der Waals surface area contributed by atoms with Crippen molar-refractivity contribution in [1.29, 1.82) is 0 Å². The highest BCUT2D eigenvalue weighted by Gasteiger charge is 2.13. The Hall–Kier alpha value is -0.910. The highest BCUT2D eigenvalue weighted by atomic mass is 32.2. The van der Waals surface area contributed by atoms with Gasteiger partial charge in [0.05, 0.1) is 5.92 Å². The summed E-state index contributed by atoms with van der Waals surface area (Å²) < 4.78 is 0. The number of amides is 2. The first-order valence-corrected chi connectivity index (χ1v) is 8.05. The Bertz CT molecular complexity index is 287. The number of nitrogens with one attached hydrogen (secondary N) is 2. The zero-order chi connectivity index (χ0) is 14.8. The van der Waals surface area contributed by atoms with E-state index in [-0.39, 0.29) is 24.0 Å². The van der Waals surface area contributed by atoms with Crippen LogP contribution in [0.15, 0.2) is 0 Å². The summed E-state index contributed by atoms with van der Waals surface area (Å²) in [4.78, 5) is 22.3. The average Bonchev–Trinajstić information content (AvgIpc) is 2.28. The minimum atomic E-state index is -0.760. The van der Waals surface area contributed by atoms with Gasteiger partial charge in [-0.3, -0.25) is 4.79 Å². The molecule has 0 bridgehead atoms. The Morgan fingerprint density at radius 2 is 1.68 bits per heavy atom. The van der Waals surface area contributed by atoms with Crippen LogP contribution in [0.25, 0.3) is 0 Å². The molecule has 0 aromatic rings. The first-order chi connectivity index (χ1) is 8.86. The molecule has 0 radical (unpaired) electrons. The third kappa shape index (κ3) is 9.64. The molecule has 0 aliphatic carbocycles. The summed E-state index contributed by atoms with van der Waals surface area (Å²) >= 11 is 1.69. The maximum atomic E-state index is 11.6. The second kappa shape index (κ2) is 9.95. The van der Waals surface area contributed by atoms with Crippen LogP contribution in [0.4, 0.5) is 4.79 Å². The van der Waals surface area contributed by atoms with Crippen LogP contribution < -0.4 is 10.6 Å². The normalized spacial score (nSPS) is 15.4. The molecule has 0 spiro atoms. The van der Waals surface area contributed by atoms with Crippen molar-refractivity contribution in [2.45, 2.75) is 52.1 Å². The number of carboxylic acids is 1. The number of thioether (sulfide) groups is 1. The van der Waals surface area contributed by atoms with E-state index < -0.39 is 5.97 Å². The van der Waals surface area contributed by atoms with Crippen LogP contribution in [0, 0.1) is 5.92 Å². The highest BCUT2D eigenvalue weighted by Crippen LogP contribution is 2.09. The van der Waals surface area contributed by atoms with Gasteiger partial charge in [0.15, 0.2) is 0 Å². The van der Waals surface area contributed by atoms with Crippen LogP contribution in [0.2, 0.25) is 0 Å². The van der Waals surface area contributed by atoms with Crippen LogP contribution in [0.1, 0.15) is 40.0 Å². The molecule has 3 atom stereocenters. The molecule has 5 nitrogen and oxygen atoms in total. The number of carbonyl (C=O) groups excluding carboxylic acids is 1. The third-order valence-corrected chi connectivity index (χ3v) is 3.70. The van der Waals surface area contributed by atoms with Gasteiger partial charge < -0.3 is 15.7 Å². The van der Waals surface area contributed by atoms with Crippen LogP contribution >= 0.6 is 11.8 Å². The van der Waals surface area contributed by atoms with Gasteiger partial charge in [0.25, 0.3) is 0 Å². The minimum Gasteiger partial charge on any atom is -0.481 e. The smallest absolute Gasteiger partial charge is 0.315 e. The molecule has 0 aliphatic heterocycles. The zero-order valence-electron chi connectivity index (χ0n) is 12.2. The molecule has 19 heavy (non-hydrogen) atoms. The Labute approximate surface area is 119 Å². The van der Waals surface area contributed by atoms with Gasteiger partial charge in [0.2, 0.25) is 0 Å². The number of carboxylic acid groups (broad SMARTS) is 1. The molecule has 6 heteroatoms. The fourth-order valence-corrected chi connectivity index (χ4v) is 2.29. The second-order valence-corrected chi connectivity index (χ2v) is 5.96. The molecule has 0 heterocycles. The van der Waals surface area contributed by atoms with Crippen molar-refractivity contribution in [3.63, 3.8) is 0 Å². The summed E-state index contributed by atoms with van der Waals surface area (Å²) in [5, 5.41) is 14.5. The van der Waals surface area contributed by atoms with E-state index in [0.717, 1.165) is 18.6 Å². The van der Waals surface area contributed by atoms with Gasteiger partial charge >= 0.3 is 12.0 Å². The number of hydrogen-bond donors (Lipinski definition) is 3. The lowest BCUT2D eigenvalue weighted by Crippen LogP contribution is -2.45. The summed E-state index contributed by atoms with van der Waals surface area (Å²) in [6.45, 7) is 5.61. The Balaban J connectivity index is 3.76. The molecule has 0 aromatic carbocycles. The minimum absolute atomic E-state index is 0.0578. The van der Waals surface area contributed by atoms with Gasteiger partial charge in [-0.2, -0.15) is 11.8 Å². The molecule has 0 saturated carbocycles. The quantitative estimate of drug-likeness (QED) is 0.609. The summed E-state index contributed by atoms with van der Waals surface area (Å²) in [5.41, 5.74) is 0. The first kappa shape index (κ1) is 18.1. The van der Waals surface area contributed by atoms with E-state index in [9.17, 15) is 9.59 Å². The van der Waals surface area contributed by atoms with E-state index in [0.29, 0.717) is 6.42 Å². The number of rotatable bonds is 9. The van der Waals surface area contributed by atoms with Crippen molar-refractivity contribution in [2.75, 3.05) is 12.0 Å². The van der Waals surface area contributed by atoms with E-state index in [4.69, 9.17) is 5.11 Å². The maximum absolute atomic E-state index is 11.6. The number of hydrogen-bond acceptors (Lipinski definition) is 3. The molecule has 0 saturated heterocycles. The number of carbonyl (C=O) groups is 2. The average molecular weight is 290 g/mol. The number of aliphatic carboxylic acids is 1. The third-order valence-electron chi connectivity index (χ3n) is 2.87. The fourth-order valence-electron chi connectivity index (χ4n) is 1.71. The SMILES string of the molecule is CSCC(C)NC(=O)NC(C)CCCC(C)C(=O)O. The van der Waals surface area contributed by atoms with Crippen molar-refractivity contribution in [3.05, 3.63) is 0 Å². The predicted molar refractivity (Wildman–Crippen MR) is 79.6 cm³/mol. The van der Waals surface area contributed by atoms with Gasteiger partial charge in [-0.15, -0.1) is 0 Å². The Morgan fingerprint density at radius 1 is 1.11 bits per heavy atom. The molecule has 3 unspecified atom stereocenters. The highest BCUT2D eigenvalue weighted by molar-refractivity contribution is 7.98. The van der Waals surface area contributed by atoms with Crippen LogP contribution in [0.3, 0.4) is 0 Å². The standard InChI is InChI=1S/C13H26N2O3S/c1-9(12(16)17)6-5-7-10(2)14-13(18)15-11(3)8-19-4/h9-11H,5-8H2,1-4H3,(H,16,17)(H2,14,15,18). The monoisotopic (exact) mass is 290 g/mol. The molecule has 3 N–H and O–H groups in total. The molecule has 2 amide bonds. The van der Waals surface area contributed by atoms with Crippen molar-refractivity contribution in [3.8, 4) is 0 Å². The largest absolute Gasteiger partial charge is 0.481 e. The topological polar surface area (TPSA) is 78.4 Å². The van der Waals surface area contributed by atoms with E-state index in [2.05, 4.69) is 10.6 Å². The van der Waals surface area contributed by atoms with Gasteiger partial charge in [-0.25, -0.2) is 4.79 Å². The molecular weight excluding hydrogens is 264 g/mol.